The van der Waals surface area contributed by atoms with Gasteiger partial charge in [0.25, 0.3) is 0 Å². The summed E-state index contributed by atoms with van der Waals surface area (Å²) in [5.41, 5.74) is 0. The summed E-state index contributed by atoms with van der Waals surface area (Å²) in [5, 5.41) is 16.3. The molecule has 90 valence electrons. The Balaban J connectivity index is 0. The first-order valence-corrected chi connectivity index (χ1v) is 4.58. The first-order valence-electron chi connectivity index (χ1n) is 4.58. The van der Waals surface area contributed by atoms with Gasteiger partial charge in [0, 0.05) is 0 Å². The van der Waals surface area contributed by atoms with Crippen LogP contribution in [0.25, 0.3) is 0 Å². The Morgan fingerprint density at radius 3 is 1.73 bits per heavy atom. The van der Waals surface area contributed by atoms with E-state index in [1.165, 1.54) is 12.5 Å². The van der Waals surface area contributed by atoms with E-state index in [1.807, 2.05) is 0 Å². The number of hydrogen-bond acceptors (Lipinski definition) is 5. The third-order valence-corrected chi connectivity index (χ3v) is 1.03. The van der Waals surface area contributed by atoms with Crippen molar-refractivity contribution in [3.8, 4) is 0 Å². The minimum Gasteiger partial charge on any atom is -0.499 e. The molecule has 0 aromatic carbocycles. The Bertz CT molecular complexity index is 127. The molecule has 0 spiro atoms. The molecular formula is C10H20O5. The molecule has 15 heavy (non-hydrogen) atoms. The largest absolute Gasteiger partial charge is 0.499 e. The third-order valence-electron chi connectivity index (χ3n) is 1.03. The van der Waals surface area contributed by atoms with Gasteiger partial charge in [-0.1, -0.05) is 13.2 Å². The Hall–Kier alpha value is -1.04. The molecule has 5 heteroatoms. The fraction of sp³-hybridized carbons (Fsp3) is 0.600. The summed E-state index contributed by atoms with van der Waals surface area (Å²) in [5.74, 6) is 0. The summed E-state index contributed by atoms with van der Waals surface area (Å²) >= 11 is 0. The maximum atomic E-state index is 8.24. The standard InChI is InChI=1S/C6H12O3.C4H8O2/c1-2-8-5-6-9-4-3-7;1-2-6-4-3-5/h2,7H,1,3-6H2;2,5H,1,3-4H2. The molecular weight excluding hydrogens is 200 g/mol. The number of hydrogen-bond donors (Lipinski definition) is 2. The van der Waals surface area contributed by atoms with Gasteiger partial charge in [-0.3, -0.25) is 0 Å². The average Bonchev–Trinajstić information content (AvgIpc) is 2.27. The first-order chi connectivity index (χ1) is 7.33. The number of rotatable bonds is 9. The van der Waals surface area contributed by atoms with Crippen molar-refractivity contribution in [2.24, 2.45) is 0 Å². The van der Waals surface area contributed by atoms with E-state index in [9.17, 15) is 0 Å². The monoisotopic (exact) mass is 220 g/mol. The van der Waals surface area contributed by atoms with Gasteiger partial charge in [0.2, 0.25) is 0 Å². The van der Waals surface area contributed by atoms with Gasteiger partial charge in [-0.05, 0) is 0 Å². The molecule has 2 N–H and O–H groups in total. The zero-order valence-electron chi connectivity index (χ0n) is 8.93. The quantitative estimate of drug-likeness (QED) is 0.432. The second-order valence-electron chi connectivity index (χ2n) is 2.13. The second-order valence-corrected chi connectivity index (χ2v) is 2.13. The van der Waals surface area contributed by atoms with Gasteiger partial charge in [-0.25, -0.2) is 0 Å². The van der Waals surface area contributed by atoms with E-state index >= 15 is 0 Å². The van der Waals surface area contributed by atoms with Crippen molar-refractivity contribution in [2.75, 3.05) is 39.6 Å². The molecule has 0 aliphatic heterocycles. The van der Waals surface area contributed by atoms with E-state index in [4.69, 9.17) is 19.7 Å². The Morgan fingerprint density at radius 2 is 1.33 bits per heavy atom. The molecule has 0 saturated heterocycles. The fourth-order valence-corrected chi connectivity index (χ4v) is 0.493. The Morgan fingerprint density at radius 1 is 0.800 bits per heavy atom. The fourth-order valence-electron chi connectivity index (χ4n) is 0.493. The van der Waals surface area contributed by atoms with Crippen LogP contribution < -0.4 is 0 Å². The van der Waals surface area contributed by atoms with Crippen LogP contribution in [-0.4, -0.2) is 49.9 Å². The van der Waals surface area contributed by atoms with E-state index in [2.05, 4.69) is 17.9 Å². The smallest absolute Gasteiger partial charge is 0.111 e. The molecule has 0 radical (unpaired) electrons. The van der Waals surface area contributed by atoms with Crippen LogP contribution in [0.2, 0.25) is 0 Å². The van der Waals surface area contributed by atoms with Crippen molar-refractivity contribution in [2.45, 2.75) is 0 Å². The topological polar surface area (TPSA) is 68.2 Å². The van der Waals surface area contributed by atoms with Crippen LogP contribution in [0.3, 0.4) is 0 Å². The highest BCUT2D eigenvalue weighted by atomic mass is 16.5. The summed E-state index contributed by atoms with van der Waals surface area (Å²) in [6.45, 7) is 8.48. The van der Waals surface area contributed by atoms with Crippen LogP contribution >= 0.6 is 0 Å². The highest BCUT2D eigenvalue weighted by molar-refractivity contribution is 4.47. The van der Waals surface area contributed by atoms with Crippen LogP contribution in [-0.2, 0) is 14.2 Å². The molecule has 5 nitrogen and oxygen atoms in total. The zero-order chi connectivity index (χ0) is 11.8. The zero-order valence-corrected chi connectivity index (χ0v) is 8.93. The molecule has 0 aliphatic rings. The van der Waals surface area contributed by atoms with Gasteiger partial charge in [0.15, 0.2) is 0 Å². The van der Waals surface area contributed by atoms with Crippen molar-refractivity contribution in [3.63, 3.8) is 0 Å². The summed E-state index contributed by atoms with van der Waals surface area (Å²) < 4.78 is 14.1. The van der Waals surface area contributed by atoms with Crippen LogP contribution in [0.15, 0.2) is 25.7 Å². The van der Waals surface area contributed by atoms with Crippen LogP contribution in [0.1, 0.15) is 0 Å². The average molecular weight is 220 g/mol. The molecule has 0 aliphatic carbocycles. The van der Waals surface area contributed by atoms with E-state index in [1.54, 1.807) is 0 Å². The maximum Gasteiger partial charge on any atom is 0.111 e. The molecule has 0 heterocycles. The van der Waals surface area contributed by atoms with Crippen molar-refractivity contribution >= 4 is 0 Å². The molecule has 0 rings (SSSR count). The highest BCUT2D eigenvalue weighted by Crippen LogP contribution is 1.76. The molecule has 0 fully saturated rings. The first kappa shape index (κ1) is 16.4. The lowest BCUT2D eigenvalue weighted by Crippen LogP contribution is -2.04. The predicted molar refractivity (Wildman–Crippen MR) is 57.3 cm³/mol. The number of aliphatic hydroxyl groups excluding tert-OH is 2. The minimum atomic E-state index is 0.0615. The number of aliphatic hydroxyl groups is 2. The SMILES string of the molecule is C=COCCO.C=COCCOCCO. The summed E-state index contributed by atoms with van der Waals surface area (Å²) in [4.78, 5) is 0. The van der Waals surface area contributed by atoms with Crippen molar-refractivity contribution in [1.29, 1.82) is 0 Å². The van der Waals surface area contributed by atoms with Gasteiger partial charge in [0.05, 0.1) is 39.0 Å². The van der Waals surface area contributed by atoms with Gasteiger partial charge in [-0.2, -0.15) is 0 Å². The summed E-state index contributed by atoms with van der Waals surface area (Å²) in [7, 11) is 0. The van der Waals surface area contributed by atoms with Gasteiger partial charge in [-0.15, -0.1) is 0 Å². The second kappa shape index (κ2) is 18.7. The van der Waals surface area contributed by atoms with Crippen molar-refractivity contribution in [3.05, 3.63) is 25.7 Å². The Labute approximate surface area is 90.6 Å². The van der Waals surface area contributed by atoms with Crippen LogP contribution in [0.5, 0.6) is 0 Å². The third kappa shape index (κ3) is 24.6. The van der Waals surface area contributed by atoms with Crippen LogP contribution in [0, 0.1) is 0 Å². The molecule has 0 aromatic heterocycles. The molecule has 0 amide bonds. The summed E-state index contributed by atoms with van der Waals surface area (Å²) in [6, 6.07) is 0. The molecule has 0 atom stereocenters. The lowest BCUT2D eigenvalue weighted by molar-refractivity contribution is 0.0603. The molecule has 0 aromatic rings. The lowest BCUT2D eigenvalue weighted by atomic mass is 10.7. The van der Waals surface area contributed by atoms with Gasteiger partial charge < -0.3 is 24.4 Å². The highest BCUT2D eigenvalue weighted by Gasteiger charge is 1.83. The van der Waals surface area contributed by atoms with Crippen molar-refractivity contribution < 1.29 is 24.4 Å². The van der Waals surface area contributed by atoms with Gasteiger partial charge >= 0.3 is 0 Å². The van der Waals surface area contributed by atoms with Gasteiger partial charge in [0.1, 0.15) is 13.2 Å². The normalized spacial score (nSPS) is 8.40. The van der Waals surface area contributed by atoms with E-state index in [0.29, 0.717) is 26.4 Å². The molecule has 0 saturated carbocycles. The minimum absolute atomic E-state index is 0.0615. The van der Waals surface area contributed by atoms with E-state index in [0.717, 1.165) is 0 Å². The Kier molecular flexibility index (Phi) is 20.4. The van der Waals surface area contributed by atoms with E-state index in [-0.39, 0.29) is 13.2 Å². The molecule has 0 bridgehead atoms. The predicted octanol–water partition coefficient (Wildman–Crippen LogP) is 0.294. The van der Waals surface area contributed by atoms with Crippen molar-refractivity contribution in [1.82, 2.24) is 0 Å². The maximum absolute atomic E-state index is 8.24. The lowest BCUT2D eigenvalue weighted by Gasteiger charge is -2.00. The molecule has 0 unspecified atom stereocenters. The number of ether oxygens (including phenoxy) is 3. The van der Waals surface area contributed by atoms with Crippen LogP contribution in [0.4, 0.5) is 0 Å². The summed E-state index contributed by atoms with van der Waals surface area (Å²) in [6.07, 6.45) is 2.67. The van der Waals surface area contributed by atoms with E-state index < -0.39 is 0 Å².